The van der Waals surface area contributed by atoms with Gasteiger partial charge in [0.05, 0.1) is 16.0 Å². The Morgan fingerprint density at radius 1 is 1.42 bits per heavy atom. The molecule has 0 radical (unpaired) electrons. The number of carbonyl (C=O) groups is 1. The molecule has 0 bridgehead atoms. The van der Waals surface area contributed by atoms with Crippen LogP contribution in [0.1, 0.15) is 38.8 Å². The molecule has 2 aromatic rings. The smallest absolute Gasteiger partial charge is 0.232 e. The molecule has 0 spiro atoms. The van der Waals surface area contributed by atoms with Gasteiger partial charge >= 0.3 is 0 Å². The largest absolute Gasteiger partial charge is 0.354 e. The van der Waals surface area contributed by atoms with Crippen molar-refractivity contribution in [1.29, 1.82) is 0 Å². The zero-order chi connectivity index (χ0) is 16.9. The number of fused-ring (bicyclic) bond motifs is 1. The topological polar surface area (TPSA) is 58.4 Å². The van der Waals surface area contributed by atoms with Gasteiger partial charge in [-0.3, -0.25) is 4.79 Å². The lowest BCUT2D eigenvalue weighted by Crippen LogP contribution is -2.53. The molecule has 1 aromatic carbocycles. The Morgan fingerprint density at radius 3 is 2.79 bits per heavy atom. The summed E-state index contributed by atoms with van der Waals surface area (Å²) in [4.78, 5) is 15.4. The van der Waals surface area contributed by atoms with Crippen molar-refractivity contribution in [3.05, 3.63) is 28.9 Å². The summed E-state index contributed by atoms with van der Waals surface area (Å²) in [6.07, 6.45) is 3.37. The summed E-state index contributed by atoms with van der Waals surface area (Å²) in [6.45, 7) is 7.03. The van der Waals surface area contributed by atoms with Crippen molar-refractivity contribution in [3.8, 4) is 0 Å². The van der Waals surface area contributed by atoms with Crippen LogP contribution in [0.25, 0.3) is 11.0 Å². The van der Waals surface area contributed by atoms with E-state index in [2.05, 4.69) is 15.4 Å². The number of aromatic nitrogens is 1. The Bertz CT molecular complexity index is 791. The molecule has 0 unspecified atom stereocenters. The minimum Gasteiger partial charge on any atom is -0.354 e. The van der Waals surface area contributed by atoms with E-state index in [4.69, 9.17) is 16.1 Å². The monoisotopic (exact) mass is 347 g/mol. The third kappa shape index (κ3) is 2.60. The van der Waals surface area contributed by atoms with Crippen molar-refractivity contribution in [2.24, 2.45) is 0 Å². The van der Waals surface area contributed by atoms with Gasteiger partial charge in [0.1, 0.15) is 5.69 Å². The fourth-order valence-corrected chi connectivity index (χ4v) is 3.53. The molecule has 2 fully saturated rings. The Balaban J connectivity index is 1.57. The van der Waals surface area contributed by atoms with E-state index < -0.39 is 5.41 Å². The van der Waals surface area contributed by atoms with E-state index in [1.54, 1.807) is 6.07 Å². The fraction of sp³-hybridized carbons (Fsp3) is 0.556. The van der Waals surface area contributed by atoms with Gasteiger partial charge in [-0.1, -0.05) is 22.8 Å². The van der Waals surface area contributed by atoms with Crippen molar-refractivity contribution in [3.63, 3.8) is 0 Å². The Kier molecular flexibility index (Phi) is 3.62. The Morgan fingerprint density at radius 2 is 2.17 bits per heavy atom. The van der Waals surface area contributed by atoms with Gasteiger partial charge in [-0.15, -0.1) is 0 Å². The zero-order valence-electron chi connectivity index (χ0n) is 14.1. The van der Waals surface area contributed by atoms with Crippen molar-refractivity contribution in [2.45, 2.75) is 44.1 Å². The normalized spacial score (nSPS) is 20.0. The first kappa shape index (κ1) is 15.9. The van der Waals surface area contributed by atoms with Gasteiger partial charge in [0.25, 0.3) is 0 Å². The van der Waals surface area contributed by atoms with Crippen molar-refractivity contribution in [2.75, 3.05) is 19.6 Å². The van der Waals surface area contributed by atoms with Crippen molar-refractivity contribution < 1.29 is 9.32 Å². The standard InChI is InChI=1S/C18H22ClN3O2/c1-17(2,15-12-5-3-6-13(19)14(12)24-21-15)16(23)20-18(7-8-18)11-22-9-4-10-22/h3,5-6H,4,7-11H2,1-2H3,(H,20,23). The number of rotatable bonds is 5. The van der Waals surface area contributed by atoms with Gasteiger partial charge in [-0.05, 0) is 58.3 Å². The summed E-state index contributed by atoms with van der Waals surface area (Å²) in [5, 5.41) is 8.75. The van der Waals surface area contributed by atoms with Gasteiger partial charge in [0.2, 0.25) is 5.91 Å². The van der Waals surface area contributed by atoms with E-state index in [9.17, 15) is 4.79 Å². The summed E-state index contributed by atoms with van der Waals surface area (Å²) in [6, 6.07) is 5.51. The number of nitrogens with zero attached hydrogens (tertiary/aromatic N) is 2. The first-order valence-electron chi connectivity index (χ1n) is 8.51. The van der Waals surface area contributed by atoms with Crippen molar-refractivity contribution >= 4 is 28.5 Å². The number of likely N-dealkylation sites (tertiary alicyclic amines) is 1. The quantitative estimate of drug-likeness (QED) is 0.902. The van der Waals surface area contributed by atoms with Gasteiger partial charge < -0.3 is 14.7 Å². The van der Waals surface area contributed by atoms with Crippen LogP contribution >= 0.6 is 11.6 Å². The molecule has 2 heterocycles. The maximum absolute atomic E-state index is 13.0. The first-order chi connectivity index (χ1) is 11.4. The molecule has 1 saturated heterocycles. The van der Waals surface area contributed by atoms with E-state index >= 15 is 0 Å². The third-order valence-corrected chi connectivity index (χ3v) is 5.61. The summed E-state index contributed by atoms with van der Waals surface area (Å²) < 4.78 is 5.38. The van der Waals surface area contributed by atoms with Gasteiger partial charge in [-0.2, -0.15) is 0 Å². The minimum atomic E-state index is -0.777. The van der Waals surface area contributed by atoms with Crippen LogP contribution in [0.2, 0.25) is 5.02 Å². The van der Waals surface area contributed by atoms with E-state index in [1.807, 2.05) is 26.0 Å². The lowest BCUT2D eigenvalue weighted by atomic mass is 9.85. The van der Waals surface area contributed by atoms with Crippen LogP contribution in [-0.4, -0.2) is 41.1 Å². The van der Waals surface area contributed by atoms with Crippen molar-refractivity contribution in [1.82, 2.24) is 15.4 Å². The minimum absolute atomic E-state index is 0.00398. The molecule has 0 atom stereocenters. The molecule has 4 rings (SSSR count). The third-order valence-electron chi connectivity index (χ3n) is 5.32. The zero-order valence-corrected chi connectivity index (χ0v) is 14.8. The molecule has 6 heteroatoms. The summed E-state index contributed by atoms with van der Waals surface area (Å²) >= 11 is 6.16. The highest BCUT2D eigenvalue weighted by Crippen LogP contribution is 2.39. The van der Waals surface area contributed by atoms with Crippen LogP contribution in [0.15, 0.2) is 22.7 Å². The fourth-order valence-electron chi connectivity index (χ4n) is 3.33. The van der Waals surface area contributed by atoms with E-state index in [0.717, 1.165) is 37.9 Å². The number of nitrogens with one attached hydrogen (secondary N) is 1. The second-order valence-electron chi connectivity index (χ2n) is 7.64. The number of benzene rings is 1. The highest BCUT2D eigenvalue weighted by molar-refractivity contribution is 6.34. The van der Waals surface area contributed by atoms with Gasteiger partial charge in [-0.25, -0.2) is 0 Å². The van der Waals surface area contributed by atoms with Gasteiger partial charge in [0.15, 0.2) is 5.58 Å². The maximum Gasteiger partial charge on any atom is 0.232 e. The van der Waals surface area contributed by atoms with Crippen LogP contribution in [0.4, 0.5) is 0 Å². The van der Waals surface area contributed by atoms with Crippen LogP contribution in [0.5, 0.6) is 0 Å². The highest BCUT2D eigenvalue weighted by Gasteiger charge is 2.48. The van der Waals surface area contributed by atoms with Crippen LogP contribution < -0.4 is 5.32 Å². The summed E-state index contributed by atoms with van der Waals surface area (Å²) in [7, 11) is 0. The molecule has 24 heavy (non-hydrogen) atoms. The number of hydrogen-bond acceptors (Lipinski definition) is 4. The summed E-state index contributed by atoms with van der Waals surface area (Å²) in [5.74, 6) is -0.00398. The molecule has 1 saturated carbocycles. The molecule has 128 valence electrons. The van der Waals surface area contributed by atoms with Crippen LogP contribution in [0.3, 0.4) is 0 Å². The Hall–Kier alpha value is -1.59. The highest BCUT2D eigenvalue weighted by atomic mass is 35.5. The number of halogens is 1. The molecule has 2 aliphatic rings. The van der Waals surface area contributed by atoms with Crippen LogP contribution in [0, 0.1) is 0 Å². The van der Waals surface area contributed by atoms with Crippen LogP contribution in [-0.2, 0) is 10.2 Å². The second kappa shape index (κ2) is 5.46. The maximum atomic E-state index is 13.0. The average Bonchev–Trinajstić information content (AvgIpc) is 3.09. The molecule has 1 aliphatic carbocycles. The Labute approximate surface area is 146 Å². The predicted molar refractivity (Wildman–Crippen MR) is 93.2 cm³/mol. The molecule has 1 N–H and O–H groups in total. The number of carbonyl (C=O) groups excluding carboxylic acids is 1. The molecular weight excluding hydrogens is 326 g/mol. The van der Waals surface area contributed by atoms with Gasteiger partial charge in [0, 0.05) is 11.9 Å². The van der Waals surface area contributed by atoms with E-state index in [1.165, 1.54) is 6.42 Å². The SMILES string of the molecule is CC(C)(C(=O)NC1(CN2CCC2)CC1)c1noc2c(Cl)cccc12. The lowest BCUT2D eigenvalue weighted by Gasteiger charge is -2.35. The van der Waals surface area contributed by atoms with E-state index in [0.29, 0.717) is 16.3 Å². The number of amides is 1. The second-order valence-corrected chi connectivity index (χ2v) is 8.04. The predicted octanol–water partition coefficient (Wildman–Crippen LogP) is 3.11. The molecular formula is C18H22ClN3O2. The lowest BCUT2D eigenvalue weighted by molar-refractivity contribution is -0.127. The first-order valence-corrected chi connectivity index (χ1v) is 8.88. The number of hydrogen-bond donors (Lipinski definition) is 1. The average molecular weight is 348 g/mol. The molecule has 1 aromatic heterocycles. The number of para-hydroxylation sites is 1. The molecule has 5 nitrogen and oxygen atoms in total. The molecule has 1 amide bonds. The van der Waals surface area contributed by atoms with E-state index in [-0.39, 0.29) is 11.4 Å². The summed E-state index contributed by atoms with van der Waals surface area (Å²) in [5.41, 5.74) is 0.348. The molecule has 1 aliphatic heterocycles.